The van der Waals surface area contributed by atoms with Crippen LogP contribution in [0.1, 0.15) is 25.8 Å². The molecule has 0 heterocycles. The number of hydrogen-bond donors (Lipinski definition) is 2. The summed E-state index contributed by atoms with van der Waals surface area (Å²) >= 11 is 0. The smallest absolute Gasteiger partial charge is 0.324 e. The maximum Gasteiger partial charge on any atom is 0.324 e. The van der Waals surface area contributed by atoms with Crippen molar-refractivity contribution in [3.8, 4) is 5.75 Å². The normalized spacial score (nSPS) is 12.2. The lowest BCUT2D eigenvalue weighted by Gasteiger charge is -2.20. The Labute approximate surface area is 189 Å². The highest BCUT2D eigenvalue weighted by atomic mass is 32.2. The highest BCUT2D eigenvalue weighted by Crippen LogP contribution is 2.17. The minimum absolute atomic E-state index is 0.00657. The second kappa shape index (κ2) is 12.2. The lowest BCUT2D eigenvalue weighted by Crippen LogP contribution is -2.46. The Hall–Kier alpha value is -2.91. The molecule has 2 aromatic carbocycles. The van der Waals surface area contributed by atoms with Crippen LogP contribution < -0.4 is 14.8 Å². The molecule has 0 aliphatic carbocycles. The topological polar surface area (TPSA) is 111 Å². The van der Waals surface area contributed by atoms with Crippen LogP contribution in [-0.2, 0) is 30.8 Å². The molecule has 0 aliphatic heterocycles. The van der Waals surface area contributed by atoms with Crippen molar-refractivity contribution in [2.24, 2.45) is 5.92 Å². The standard InChI is InChI=1S/C23H30N2O6S/c1-17(2)22(25-32(28,29)20-13-11-19(30-3)12-14-20)23(27)31-16-21(26)24-15-7-10-18-8-5-4-6-9-18/h4-6,8-9,11-14,17,22,25H,7,10,15-16H2,1-3H3,(H,24,26). The zero-order chi connectivity index (χ0) is 23.6. The number of nitrogens with one attached hydrogen (secondary N) is 2. The summed E-state index contributed by atoms with van der Waals surface area (Å²) < 4.78 is 37.7. The van der Waals surface area contributed by atoms with E-state index < -0.39 is 34.5 Å². The maximum absolute atomic E-state index is 12.6. The molecule has 0 aliphatic rings. The summed E-state index contributed by atoms with van der Waals surface area (Å²) in [5, 5.41) is 2.69. The second-order valence-corrected chi connectivity index (χ2v) is 9.28. The van der Waals surface area contributed by atoms with Gasteiger partial charge in [0.2, 0.25) is 10.0 Å². The van der Waals surface area contributed by atoms with Gasteiger partial charge in [0.1, 0.15) is 11.8 Å². The summed E-state index contributed by atoms with van der Waals surface area (Å²) in [5.74, 6) is -1.12. The molecule has 9 heteroatoms. The van der Waals surface area contributed by atoms with E-state index in [4.69, 9.17) is 9.47 Å². The fourth-order valence-corrected chi connectivity index (χ4v) is 4.22. The van der Waals surface area contributed by atoms with Crippen molar-refractivity contribution in [2.45, 2.75) is 37.6 Å². The van der Waals surface area contributed by atoms with Crippen molar-refractivity contribution < 1.29 is 27.5 Å². The summed E-state index contributed by atoms with van der Waals surface area (Å²) in [4.78, 5) is 24.4. The Morgan fingerprint density at radius 3 is 2.25 bits per heavy atom. The van der Waals surface area contributed by atoms with Crippen LogP contribution in [0, 0.1) is 5.92 Å². The molecule has 32 heavy (non-hydrogen) atoms. The number of rotatable bonds is 12. The number of aryl methyl sites for hydroxylation is 1. The number of amides is 1. The maximum atomic E-state index is 12.6. The number of carbonyl (C=O) groups is 2. The third-order valence-corrected chi connectivity index (χ3v) is 6.18. The first-order chi connectivity index (χ1) is 15.2. The largest absolute Gasteiger partial charge is 0.497 e. The van der Waals surface area contributed by atoms with Gasteiger partial charge in [0.05, 0.1) is 12.0 Å². The van der Waals surface area contributed by atoms with Gasteiger partial charge in [-0.2, -0.15) is 4.72 Å². The lowest BCUT2D eigenvalue weighted by molar-refractivity contribution is -0.151. The number of esters is 1. The molecule has 2 rings (SSSR count). The van der Waals surface area contributed by atoms with E-state index in [1.807, 2.05) is 30.3 Å². The summed E-state index contributed by atoms with van der Waals surface area (Å²) in [6, 6.07) is 14.6. The van der Waals surface area contributed by atoms with Crippen LogP contribution in [0.25, 0.3) is 0 Å². The molecule has 0 saturated heterocycles. The predicted octanol–water partition coefficient (Wildman–Crippen LogP) is 2.29. The summed E-state index contributed by atoms with van der Waals surface area (Å²) in [6.45, 7) is 3.35. The SMILES string of the molecule is COc1ccc(S(=O)(=O)NC(C(=O)OCC(=O)NCCCc2ccccc2)C(C)C)cc1. The van der Waals surface area contributed by atoms with Gasteiger partial charge in [-0.1, -0.05) is 44.2 Å². The van der Waals surface area contributed by atoms with Crippen molar-refractivity contribution >= 4 is 21.9 Å². The van der Waals surface area contributed by atoms with E-state index >= 15 is 0 Å². The molecule has 1 amide bonds. The predicted molar refractivity (Wildman–Crippen MR) is 121 cm³/mol. The average molecular weight is 463 g/mol. The Balaban J connectivity index is 1.83. The van der Waals surface area contributed by atoms with Gasteiger partial charge < -0.3 is 14.8 Å². The molecule has 0 bridgehead atoms. The molecule has 0 radical (unpaired) electrons. The molecule has 0 aromatic heterocycles. The van der Waals surface area contributed by atoms with Crippen LogP contribution in [-0.4, -0.2) is 46.6 Å². The second-order valence-electron chi connectivity index (χ2n) is 7.57. The molecule has 1 unspecified atom stereocenters. The van der Waals surface area contributed by atoms with Crippen LogP contribution >= 0.6 is 0 Å². The molecule has 2 N–H and O–H groups in total. The fourth-order valence-electron chi connectivity index (χ4n) is 2.89. The van der Waals surface area contributed by atoms with Gasteiger partial charge in [-0.05, 0) is 48.6 Å². The number of benzene rings is 2. The van der Waals surface area contributed by atoms with Crippen LogP contribution in [0.2, 0.25) is 0 Å². The first-order valence-corrected chi connectivity index (χ1v) is 11.8. The molecule has 0 spiro atoms. The van der Waals surface area contributed by atoms with Gasteiger partial charge in [-0.25, -0.2) is 8.42 Å². The Morgan fingerprint density at radius 1 is 1.00 bits per heavy atom. The van der Waals surface area contributed by atoms with Crippen LogP contribution in [0.4, 0.5) is 0 Å². The van der Waals surface area contributed by atoms with E-state index in [1.165, 1.54) is 36.9 Å². The van der Waals surface area contributed by atoms with Gasteiger partial charge >= 0.3 is 5.97 Å². The van der Waals surface area contributed by atoms with E-state index in [-0.39, 0.29) is 10.8 Å². The van der Waals surface area contributed by atoms with Crippen molar-refractivity contribution in [3.63, 3.8) is 0 Å². The zero-order valence-corrected chi connectivity index (χ0v) is 19.4. The molecule has 8 nitrogen and oxygen atoms in total. The third kappa shape index (κ3) is 7.97. The molecule has 2 aromatic rings. The van der Waals surface area contributed by atoms with E-state index in [0.717, 1.165) is 12.8 Å². The van der Waals surface area contributed by atoms with E-state index in [0.29, 0.717) is 12.3 Å². The van der Waals surface area contributed by atoms with Crippen LogP contribution in [0.3, 0.4) is 0 Å². The Kier molecular flexibility index (Phi) is 9.67. The summed E-state index contributed by atoms with van der Waals surface area (Å²) in [6.07, 6.45) is 1.57. The van der Waals surface area contributed by atoms with Gasteiger partial charge in [0, 0.05) is 6.54 Å². The van der Waals surface area contributed by atoms with Crippen LogP contribution in [0.15, 0.2) is 59.5 Å². The zero-order valence-electron chi connectivity index (χ0n) is 18.5. The van der Waals surface area contributed by atoms with Gasteiger partial charge in [0.25, 0.3) is 5.91 Å². The molecule has 0 fully saturated rings. The number of carbonyl (C=O) groups excluding carboxylic acids is 2. The number of methoxy groups -OCH3 is 1. The first kappa shape index (κ1) is 25.4. The molecular formula is C23H30N2O6S. The highest BCUT2D eigenvalue weighted by molar-refractivity contribution is 7.89. The monoisotopic (exact) mass is 462 g/mol. The average Bonchev–Trinajstić information content (AvgIpc) is 2.79. The highest BCUT2D eigenvalue weighted by Gasteiger charge is 2.30. The van der Waals surface area contributed by atoms with Gasteiger partial charge in [-0.15, -0.1) is 0 Å². The van der Waals surface area contributed by atoms with Crippen LogP contribution in [0.5, 0.6) is 5.75 Å². The number of sulfonamides is 1. The Morgan fingerprint density at radius 2 is 1.66 bits per heavy atom. The number of ether oxygens (including phenoxy) is 2. The van der Waals surface area contributed by atoms with E-state index in [9.17, 15) is 18.0 Å². The minimum Gasteiger partial charge on any atom is -0.497 e. The van der Waals surface area contributed by atoms with E-state index in [2.05, 4.69) is 10.0 Å². The molecule has 1 atom stereocenters. The van der Waals surface area contributed by atoms with Crippen molar-refractivity contribution in [1.29, 1.82) is 0 Å². The lowest BCUT2D eigenvalue weighted by atomic mass is 10.1. The molecular weight excluding hydrogens is 432 g/mol. The summed E-state index contributed by atoms with van der Waals surface area (Å²) in [5.41, 5.74) is 1.18. The first-order valence-electron chi connectivity index (χ1n) is 10.4. The summed E-state index contributed by atoms with van der Waals surface area (Å²) in [7, 11) is -2.49. The third-order valence-electron chi connectivity index (χ3n) is 4.73. The van der Waals surface area contributed by atoms with E-state index in [1.54, 1.807) is 13.8 Å². The van der Waals surface area contributed by atoms with Crippen molar-refractivity contribution in [1.82, 2.24) is 10.0 Å². The minimum atomic E-state index is -3.96. The van der Waals surface area contributed by atoms with Gasteiger partial charge in [0.15, 0.2) is 6.61 Å². The fraction of sp³-hybridized carbons (Fsp3) is 0.391. The Bertz CT molecular complexity index is 975. The van der Waals surface area contributed by atoms with Crippen molar-refractivity contribution in [2.75, 3.05) is 20.3 Å². The van der Waals surface area contributed by atoms with Crippen molar-refractivity contribution in [3.05, 3.63) is 60.2 Å². The van der Waals surface area contributed by atoms with Gasteiger partial charge in [-0.3, -0.25) is 9.59 Å². The molecule has 174 valence electrons. The number of hydrogen-bond acceptors (Lipinski definition) is 6. The molecule has 0 saturated carbocycles. The quantitative estimate of drug-likeness (QED) is 0.370.